The summed E-state index contributed by atoms with van der Waals surface area (Å²) in [5.41, 5.74) is -0.781. The first-order valence-electron chi connectivity index (χ1n) is 9.83. The number of alkyl halides is 3. The van der Waals surface area contributed by atoms with Gasteiger partial charge in [0.05, 0.1) is 5.56 Å². The molecule has 2 aromatic rings. The van der Waals surface area contributed by atoms with Gasteiger partial charge < -0.3 is 15.4 Å². The number of nitrogens with one attached hydrogen (secondary N) is 2. The van der Waals surface area contributed by atoms with Gasteiger partial charge in [0.15, 0.2) is 12.4 Å². The number of hydrogen-bond acceptors (Lipinski definition) is 5. The van der Waals surface area contributed by atoms with Crippen molar-refractivity contribution in [2.75, 3.05) is 18.5 Å². The maximum atomic E-state index is 12.6. The summed E-state index contributed by atoms with van der Waals surface area (Å²) < 4.78 is 42.5. The summed E-state index contributed by atoms with van der Waals surface area (Å²) in [5.74, 6) is -2.34. The Morgan fingerprint density at radius 2 is 1.39 bits per heavy atom. The Hall–Kier alpha value is -3.69. The highest BCUT2D eigenvalue weighted by Gasteiger charge is 2.30. The molecule has 0 aromatic heterocycles. The number of hydrogen-bond donors (Lipinski definition) is 2. The summed E-state index contributed by atoms with van der Waals surface area (Å²) in [5, 5.41) is 4.93. The maximum absolute atomic E-state index is 12.6. The average Bonchev–Trinajstić information content (AvgIpc) is 2.75. The van der Waals surface area contributed by atoms with Crippen molar-refractivity contribution in [3.05, 3.63) is 65.2 Å². The van der Waals surface area contributed by atoms with Gasteiger partial charge in [-0.2, -0.15) is 13.2 Å². The molecule has 0 heterocycles. The summed E-state index contributed by atoms with van der Waals surface area (Å²) >= 11 is 0. The quantitative estimate of drug-likeness (QED) is 0.479. The van der Waals surface area contributed by atoms with Crippen LogP contribution < -0.4 is 10.6 Å². The van der Waals surface area contributed by atoms with Gasteiger partial charge in [-0.15, -0.1) is 0 Å². The van der Waals surface area contributed by atoms with Gasteiger partial charge in [0.2, 0.25) is 5.91 Å². The summed E-state index contributed by atoms with van der Waals surface area (Å²) in [7, 11) is 0. The van der Waals surface area contributed by atoms with E-state index in [2.05, 4.69) is 10.6 Å². The van der Waals surface area contributed by atoms with E-state index in [0.29, 0.717) is 5.69 Å². The highest BCUT2D eigenvalue weighted by molar-refractivity contribution is 6.00. The molecular formula is C23H23F3N2O5. The van der Waals surface area contributed by atoms with Crippen molar-refractivity contribution in [3.8, 4) is 0 Å². The summed E-state index contributed by atoms with van der Waals surface area (Å²) in [6, 6.07) is 9.52. The van der Waals surface area contributed by atoms with Crippen LogP contribution in [0.5, 0.6) is 0 Å². The zero-order valence-electron chi connectivity index (χ0n) is 18.2. The molecule has 0 radical (unpaired) electrons. The predicted octanol–water partition coefficient (Wildman–Crippen LogP) is 3.85. The number of carbonyl (C=O) groups excluding carboxylic acids is 4. The van der Waals surface area contributed by atoms with Crippen molar-refractivity contribution in [1.29, 1.82) is 0 Å². The fourth-order valence-corrected chi connectivity index (χ4v) is 2.40. The van der Waals surface area contributed by atoms with E-state index in [0.717, 1.165) is 24.3 Å². The largest absolute Gasteiger partial charge is 0.456 e. The Morgan fingerprint density at radius 1 is 0.848 bits per heavy atom. The molecule has 0 aliphatic rings. The van der Waals surface area contributed by atoms with E-state index < -0.39 is 48.0 Å². The minimum absolute atomic E-state index is 0.0643. The number of amides is 2. The number of ether oxygens (including phenoxy) is 1. The summed E-state index contributed by atoms with van der Waals surface area (Å²) in [6.07, 6.45) is -4.52. The van der Waals surface area contributed by atoms with Crippen molar-refractivity contribution in [1.82, 2.24) is 5.32 Å². The molecule has 0 saturated heterocycles. The SMILES string of the molecule is CC(C)(C)C(=O)Nc1ccc(C(=O)COC(=O)CNC(=O)c2ccc(C(F)(F)F)cc2)cc1. The van der Waals surface area contributed by atoms with E-state index in [1.54, 1.807) is 32.9 Å². The van der Waals surface area contributed by atoms with Crippen LogP contribution in [0.25, 0.3) is 0 Å². The molecule has 0 aliphatic heterocycles. The predicted molar refractivity (Wildman–Crippen MR) is 114 cm³/mol. The van der Waals surface area contributed by atoms with E-state index >= 15 is 0 Å². The van der Waals surface area contributed by atoms with E-state index in [1.165, 1.54) is 12.1 Å². The highest BCUT2D eigenvalue weighted by atomic mass is 19.4. The fraction of sp³-hybridized carbons (Fsp3) is 0.304. The molecular weight excluding hydrogens is 441 g/mol. The van der Waals surface area contributed by atoms with E-state index in [-0.39, 0.29) is 17.0 Å². The lowest BCUT2D eigenvalue weighted by molar-refractivity contribution is -0.141. The number of Topliss-reactive ketones (excluding diaryl/α,β-unsaturated/α-hetero) is 1. The summed E-state index contributed by atoms with van der Waals surface area (Å²) in [6.45, 7) is 4.16. The third-order valence-corrected chi connectivity index (χ3v) is 4.38. The fourth-order valence-electron chi connectivity index (χ4n) is 2.40. The highest BCUT2D eigenvalue weighted by Crippen LogP contribution is 2.29. The number of rotatable bonds is 7. The van der Waals surface area contributed by atoms with Gasteiger partial charge in [-0.1, -0.05) is 20.8 Å². The molecule has 0 bridgehead atoms. The zero-order chi connectivity index (χ0) is 24.8. The minimum Gasteiger partial charge on any atom is -0.456 e. The third kappa shape index (κ3) is 7.74. The van der Waals surface area contributed by atoms with Crippen molar-refractivity contribution >= 4 is 29.3 Å². The number of halogens is 3. The van der Waals surface area contributed by atoms with Crippen LogP contribution in [0.2, 0.25) is 0 Å². The Bertz CT molecular complexity index is 1020. The Morgan fingerprint density at radius 3 is 1.91 bits per heavy atom. The van der Waals surface area contributed by atoms with Crippen LogP contribution in [0.1, 0.15) is 47.1 Å². The minimum atomic E-state index is -4.52. The van der Waals surface area contributed by atoms with Crippen molar-refractivity contribution in [2.45, 2.75) is 26.9 Å². The molecule has 0 spiro atoms. The zero-order valence-corrected chi connectivity index (χ0v) is 18.2. The lowest BCUT2D eigenvalue weighted by atomic mass is 9.95. The number of esters is 1. The van der Waals surface area contributed by atoms with Crippen molar-refractivity contribution in [3.63, 3.8) is 0 Å². The number of anilines is 1. The molecule has 2 N–H and O–H groups in total. The number of ketones is 1. The van der Waals surface area contributed by atoms with Crippen LogP contribution in [-0.4, -0.2) is 36.7 Å². The van der Waals surface area contributed by atoms with Crippen LogP contribution in [0.3, 0.4) is 0 Å². The molecule has 10 heteroatoms. The second kappa shape index (κ2) is 10.3. The first-order valence-corrected chi connectivity index (χ1v) is 9.83. The molecule has 2 amide bonds. The molecule has 0 unspecified atom stereocenters. The molecule has 2 rings (SSSR count). The first kappa shape index (κ1) is 25.6. The monoisotopic (exact) mass is 464 g/mol. The molecule has 176 valence electrons. The molecule has 0 fully saturated rings. The maximum Gasteiger partial charge on any atom is 0.416 e. The average molecular weight is 464 g/mol. The van der Waals surface area contributed by atoms with Gasteiger partial charge in [0, 0.05) is 22.2 Å². The van der Waals surface area contributed by atoms with Crippen molar-refractivity contribution < 1.29 is 37.1 Å². The first-order chi connectivity index (χ1) is 15.3. The van der Waals surface area contributed by atoms with Crippen LogP contribution in [-0.2, 0) is 20.5 Å². The van der Waals surface area contributed by atoms with Crippen LogP contribution in [0, 0.1) is 5.41 Å². The van der Waals surface area contributed by atoms with Crippen LogP contribution in [0.15, 0.2) is 48.5 Å². The normalized spacial score (nSPS) is 11.5. The Balaban J connectivity index is 1.80. The molecule has 2 aromatic carbocycles. The van der Waals surface area contributed by atoms with Crippen LogP contribution in [0.4, 0.5) is 18.9 Å². The van der Waals surface area contributed by atoms with E-state index in [4.69, 9.17) is 4.74 Å². The molecule has 0 atom stereocenters. The molecule has 33 heavy (non-hydrogen) atoms. The standard InChI is InChI=1S/C23H23F3N2O5/c1-22(2,3)21(32)28-17-10-6-14(7-11-17)18(29)13-33-19(30)12-27-20(31)15-4-8-16(9-5-15)23(24,25)26/h4-11H,12-13H2,1-3H3,(H,27,31)(H,28,32). The topological polar surface area (TPSA) is 102 Å². The van der Waals surface area contributed by atoms with Gasteiger partial charge in [-0.05, 0) is 48.5 Å². The van der Waals surface area contributed by atoms with Gasteiger partial charge in [-0.3, -0.25) is 19.2 Å². The van der Waals surface area contributed by atoms with Crippen LogP contribution >= 0.6 is 0 Å². The van der Waals surface area contributed by atoms with Gasteiger partial charge in [0.25, 0.3) is 5.91 Å². The lowest BCUT2D eigenvalue weighted by Gasteiger charge is -2.17. The second-order valence-electron chi connectivity index (χ2n) is 8.12. The van der Waals surface area contributed by atoms with E-state index in [9.17, 15) is 32.3 Å². The molecule has 7 nitrogen and oxygen atoms in total. The second-order valence-corrected chi connectivity index (χ2v) is 8.12. The number of carbonyl (C=O) groups is 4. The van der Waals surface area contributed by atoms with Crippen molar-refractivity contribution in [2.24, 2.45) is 5.41 Å². The Kier molecular flexibility index (Phi) is 7.97. The molecule has 0 saturated carbocycles. The number of benzene rings is 2. The lowest BCUT2D eigenvalue weighted by Crippen LogP contribution is -2.31. The Labute approximate surface area is 188 Å². The third-order valence-electron chi connectivity index (χ3n) is 4.38. The van der Waals surface area contributed by atoms with Gasteiger partial charge >= 0.3 is 12.1 Å². The van der Waals surface area contributed by atoms with Gasteiger partial charge in [0.1, 0.15) is 6.54 Å². The van der Waals surface area contributed by atoms with E-state index in [1.807, 2.05) is 0 Å². The smallest absolute Gasteiger partial charge is 0.416 e. The van der Waals surface area contributed by atoms with Gasteiger partial charge in [-0.25, -0.2) is 0 Å². The molecule has 0 aliphatic carbocycles. The summed E-state index contributed by atoms with van der Waals surface area (Å²) in [4.78, 5) is 47.9.